The smallest absolute Gasteiger partial charge is 0.237 e. The van der Waals surface area contributed by atoms with Crippen molar-refractivity contribution < 1.29 is 9.90 Å². The Bertz CT molecular complexity index is 203. The number of carbonyl (C=O) groups excluding carboxylic acids is 1. The number of hydrogen-bond acceptors (Lipinski definition) is 3. The molecule has 0 heterocycles. The minimum Gasteiger partial charge on any atom is -0.396 e. The molecule has 0 aliphatic heterocycles. The van der Waals surface area contributed by atoms with Gasteiger partial charge in [-0.2, -0.15) is 0 Å². The van der Waals surface area contributed by atoms with Crippen molar-refractivity contribution in [3.05, 3.63) is 0 Å². The predicted octanol–water partition coefficient (Wildman–Crippen LogP) is 0.637. The quantitative estimate of drug-likeness (QED) is 0.610. The summed E-state index contributed by atoms with van der Waals surface area (Å²) in [6.07, 6.45) is 1.22. The molecule has 0 saturated heterocycles. The summed E-state index contributed by atoms with van der Waals surface area (Å²) in [7, 11) is 0. The van der Waals surface area contributed by atoms with Crippen molar-refractivity contribution in [2.24, 2.45) is 11.7 Å². The van der Waals surface area contributed by atoms with Gasteiger partial charge in [-0.05, 0) is 32.6 Å². The molecule has 0 rings (SSSR count). The summed E-state index contributed by atoms with van der Waals surface area (Å²) in [5.74, 6) is 0.272. The summed E-state index contributed by atoms with van der Waals surface area (Å²) in [5, 5.41) is 11.7. The van der Waals surface area contributed by atoms with Crippen molar-refractivity contribution in [3.63, 3.8) is 0 Å². The van der Waals surface area contributed by atoms with E-state index in [4.69, 9.17) is 10.8 Å². The van der Waals surface area contributed by atoms with Gasteiger partial charge in [-0.15, -0.1) is 0 Å². The zero-order valence-electron chi connectivity index (χ0n) is 10.2. The molecule has 0 aromatic heterocycles. The van der Waals surface area contributed by atoms with Crippen LogP contribution < -0.4 is 11.1 Å². The second-order valence-electron chi connectivity index (χ2n) is 5.08. The molecule has 0 spiro atoms. The molecule has 1 amide bonds. The fourth-order valence-corrected chi connectivity index (χ4v) is 1.38. The summed E-state index contributed by atoms with van der Waals surface area (Å²) in [6.45, 7) is 7.89. The molecule has 0 aromatic carbocycles. The molecule has 0 aliphatic carbocycles. The lowest BCUT2D eigenvalue weighted by Gasteiger charge is -2.27. The van der Waals surface area contributed by atoms with E-state index < -0.39 is 6.04 Å². The molecule has 1 atom stereocenters. The molecule has 0 saturated carbocycles. The molecule has 0 aromatic rings. The molecule has 0 unspecified atom stereocenters. The number of nitrogens with one attached hydrogen (secondary N) is 1. The summed E-state index contributed by atoms with van der Waals surface area (Å²) in [4.78, 5) is 11.7. The largest absolute Gasteiger partial charge is 0.396 e. The van der Waals surface area contributed by atoms with Crippen LogP contribution in [0.1, 0.15) is 40.5 Å². The Hall–Kier alpha value is -0.610. The number of aliphatic hydroxyl groups excluding tert-OH is 1. The minimum atomic E-state index is -0.456. The molecule has 0 bridgehead atoms. The third-order valence-electron chi connectivity index (χ3n) is 2.26. The molecule has 15 heavy (non-hydrogen) atoms. The topological polar surface area (TPSA) is 75.4 Å². The van der Waals surface area contributed by atoms with Crippen LogP contribution in [-0.4, -0.2) is 29.2 Å². The van der Waals surface area contributed by atoms with Crippen LogP contribution >= 0.6 is 0 Å². The Labute approximate surface area is 92.2 Å². The van der Waals surface area contributed by atoms with Crippen LogP contribution in [0.2, 0.25) is 0 Å². The Kier molecular flexibility index (Phi) is 5.83. The van der Waals surface area contributed by atoms with E-state index in [9.17, 15) is 4.79 Å². The molecule has 4 heteroatoms. The number of hydrogen-bond donors (Lipinski definition) is 3. The summed E-state index contributed by atoms with van der Waals surface area (Å²) in [5.41, 5.74) is 5.36. The van der Waals surface area contributed by atoms with Crippen LogP contribution in [0.15, 0.2) is 0 Å². The van der Waals surface area contributed by atoms with Gasteiger partial charge in [0, 0.05) is 12.1 Å². The lowest BCUT2D eigenvalue weighted by molar-refractivity contribution is -0.124. The van der Waals surface area contributed by atoms with E-state index in [2.05, 4.69) is 5.32 Å². The van der Waals surface area contributed by atoms with Gasteiger partial charge >= 0.3 is 0 Å². The highest BCUT2D eigenvalue weighted by molar-refractivity contribution is 5.82. The third kappa shape index (κ3) is 6.47. The fourth-order valence-electron chi connectivity index (χ4n) is 1.38. The summed E-state index contributed by atoms with van der Waals surface area (Å²) < 4.78 is 0. The first kappa shape index (κ1) is 14.4. The average molecular weight is 216 g/mol. The summed E-state index contributed by atoms with van der Waals surface area (Å²) in [6, 6.07) is -0.456. The van der Waals surface area contributed by atoms with Crippen molar-refractivity contribution in [2.45, 2.75) is 52.1 Å². The highest BCUT2D eigenvalue weighted by Gasteiger charge is 2.23. The molecule has 0 aliphatic rings. The highest BCUT2D eigenvalue weighted by Crippen LogP contribution is 2.09. The van der Waals surface area contributed by atoms with Gasteiger partial charge in [0.15, 0.2) is 0 Å². The summed E-state index contributed by atoms with van der Waals surface area (Å²) >= 11 is 0. The molecule has 4 N–H and O–H groups in total. The van der Waals surface area contributed by atoms with Crippen molar-refractivity contribution >= 4 is 5.91 Å². The van der Waals surface area contributed by atoms with Gasteiger partial charge < -0.3 is 16.2 Å². The Morgan fingerprint density at radius 2 is 2.00 bits per heavy atom. The van der Waals surface area contributed by atoms with E-state index in [-0.39, 0.29) is 18.1 Å². The molecule has 0 fully saturated rings. The Morgan fingerprint density at radius 3 is 2.40 bits per heavy atom. The van der Waals surface area contributed by atoms with Crippen LogP contribution in [0.25, 0.3) is 0 Å². The average Bonchev–Trinajstić information content (AvgIpc) is 2.01. The zero-order valence-corrected chi connectivity index (χ0v) is 10.2. The predicted molar refractivity (Wildman–Crippen MR) is 61.4 cm³/mol. The van der Waals surface area contributed by atoms with Crippen LogP contribution in [0, 0.1) is 5.92 Å². The molecule has 0 radical (unpaired) electrons. The maximum atomic E-state index is 11.7. The van der Waals surface area contributed by atoms with Gasteiger partial charge in [-0.25, -0.2) is 0 Å². The fraction of sp³-hybridized carbons (Fsp3) is 0.909. The van der Waals surface area contributed by atoms with Gasteiger partial charge in [0.2, 0.25) is 5.91 Å². The second kappa shape index (κ2) is 6.08. The van der Waals surface area contributed by atoms with Crippen molar-refractivity contribution in [2.75, 3.05) is 6.61 Å². The van der Waals surface area contributed by atoms with E-state index in [1.807, 2.05) is 27.7 Å². The molecule has 4 nitrogen and oxygen atoms in total. The van der Waals surface area contributed by atoms with E-state index in [1.165, 1.54) is 0 Å². The molecular formula is C11H24N2O2. The Morgan fingerprint density at radius 1 is 1.47 bits per heavy atom. The normalized spacial score (nSPS) is 14.1. The van der Waals surface area contributed by atoms with Crippen LogP contribution in [-0.2, 0) is 4.79 Å². The molecule has 90 valence electrons. The maximum Gasteiger partial charge on any atom is 0.237 e. The van der Waals surface area contributed by atoms with Crippen molar-refractivity contribution in [3.8, 4) is 0 Å². The van der Waals surface area contributed by atoms with E-state index in [0.717, 1.165) is 0 Å². The van der Waals surface area contributed by atoms with Crippen LogP contribution in [0.4, 0.5) is 0 Å². The van der Waals surface area contributed by atoms with Crippen molar-refractivity contribution in [1.82, 2.24) is 5.32 Å². The number of aliphatic hydroxyl groups is 1. The van der Waals surface area contributed by atoms with Gasteiger partial charge in [0.25, 0.3) is 0 Å². The lowest BCUT2D eigenvalue weighted by Crippen LogP contribution is -2.51. The van der Waals surface area contributed by atoms with E-state index in [1.54, 1.807) is 0 Å². The second-order valence-corrected chi connectivity index (χ2v) is 5.08. The zero-order chi connectivity index (χ0) is 12.1. The number of rotatable bonds is 6. The van der Waals surface area contributed by atoms with Gasteiger partial charge in [0.05, 0.1) is 6.04 Å². The number of nitrogens with two attached hydrogens (primary N) is 1. The number of amides is 1. The lowest BCUT2D eigenvalue weighted by atomic mass is 9.98. The van der Waals surface area contributed by atoms with Gasteiger partial charge in [0.1, 0.15) is 0 Å². The first-order valence-electron chi connectivity index (χ1n) is 5.47. The van der Waals surface area contributed by atoms with Gasteiger partial charge in [-0.3, -0.25) is 4.79 Å². The highest BCUT2D eigenvalue weighted by atomic mass is 16.3. The first-order valence-corrected chi connectivity index (χ1v) is 5.47. The monoisotopic (exact) mass is 216 g/mol. The maximum absolute atomic E-state index is 11.7. The van der Waals surface area contributed by atoms with Crippen LogP contribution in [0.3, 0.4) is 0 Å². The van der Waals surface area contributed by atoms with Crippen LogP contribution in [0.5, 0.6) is 0 Å². The standard InChI is InChI=1S/C11H24N2O2/c1-8(2)7-9(12)10(15)13-11(3,4)5-6-14/h8-9,14H,5-7,12H2,1-4H3,(H,13,15)/t9-/m0/s1. The van der Waals surface area contributed by atoms with Crippen molar-refractivity contribution in [1.29, 1.82) is 0 Å². The SMILES string of the molecule is CC(C)C[C@H](N)C(=O)NC(C)(C)CCO. The van der Waals surface area contributed by atoms with E-state index in [0.29, 0.717) is 18.8 Å². The Balaban J connectivity index is 4.11. The minimum absolute atomic E-state index is 0.0622. The number of carbonyl (C=O) groups is 1. The van der Waals surface area contributed by atoms with Gasteiger partial charge in [-0.1, -0.05) is 13.8 Å². The molecular weight excluding hydrogens is 192 g/mol. The van der Waals surface area contributed by atoms with E-state index >= 15 is 0 Å². The first-order chi connectivity index (χ1) is 6.78. The third-order valence-corrected chi connectivity index (χ3v) is 2.26.